The molecule has 1 aliphatic heterocycles. The Kier molecular flexibility index (Phi) is 3.12. The van der Waals surface area contributed by atoms with Gasteiger partial charge in [-0.05, 0) is 26.3 Å². The first-order valence-corrected chi connectivity index (χ1v) is 3.93. The van der Waals surface area contributed by atoms with Gasteiger partial charge in [-0.3, -0.25) is 5.43 Å². The summed E-state index contributed by atoms with van der Waals surface area (Å²) >= 11 is 0. The second kappa shape index (κ2) is 3.91. The van der Waals surface area contributed by atoms with Crippen molar-refractivity contribution < 1.29 is 5.11 Å². The van der Waals surface area contributed by atoms with Crippen molar-refractivity contribution in [2.75, 3.05) is 20.2 Å². The Labute approximate surface area is 62.0 Å². The highest BCUT2D eigenvalue weighted by Crippen LogP contribution is 2.16. The summed E-state index contributed by atoms with van der Waals surface area (Å²) < 4.78 is 0. The minimum atomic E-state index is 0.308. The van der Waals surface area contributed by atoms with Gasteiger partial charge in [0.15, 0.2) is 0 Å². The lowest BCUT2D eigenvalue weighted by molar-refractivity contribution is 0.154. The minimum Gasteiger partial charge on any atom is -0.396 e. The Morgan fingerprint density at radius 1 is 1.70 bits per heavy atom. The Hall–Kier alpha value is -0.120. The van der Waals surface area contributed by atoms with Gasteiger partial charge in [-0.25, -0.2) is 5.01 Å². The second-order valence-electron chi connectivity index (χ2n) is 2.73. The number of rotatable bonds is 3. The molecule has 3 heteroatoms. The number of nitrogens with one attached hydrogen (secondary N) is 1. The predicted molar refractivity (Wildman–Crippen MR) is 40.5 cm³/mol. The largest absolute Gasteiger partial charge is 0.396 e. The summed E-state index contributed by atoms with van der Waals surface area (Å²) in [5, 5.41) is 10.9. The van der Waals surface area contributed by atoms with Gasteiger partial charge in [0.2, 0.25) is 0 Å². The molecule has 60 valence electrons. The van der Waals surface area contributed by atoms with E-state index in [0.717, 1.165) is 13.0 Å². The molecule has 0 radical (unpaired) electrons. The highest BCUT2D eigenvalue weighted by atomic mass is 16.3. The number of aliphatic hydroxyl groups is 1. The molecule has 1 rings (SSSR count). The third-order valence-corrected chi connectivity index (χ3v) is 2.13. The quantitative estimate of drug-likeness (QED) is 0.584. The molecule has 0 aliphatic carbocycles. The van der Waals surface area contributed by atoms with Crippen LogP contribution in [0.25, 0.3) is 0 Å². The molecule has 0 aromatic carbocycles. The van der Waals surface area contributed by atoms with Crippen molar-refractivity contribution in [1.82, 2.24) is 10.4 Å². The van der Waals surface area contributed by atoms with E-state index in [1.807, 2.05) is 7.05 Å². The summed E-state index contributed by atoms with van der Waals surface area (Å²) in [6.45, 7) is 1.43. The molecular formula is C7H16N2O. The summed E-state index contributed by atoms with van der Waals surface area (Å²) in [4.78, 5) is 0. The molecule has 0 bridgehead atoms. The summed E-state index contributed by atoms with van der Waals surface area (Å²) in [6, 6.07) is 0.565. The van der Waals surface area contributed by atoms with Crippen molar-refractivity contribution >= 4 is 0 Å². The van der Waals surface area contributed by atoms with Gasteiger partial charge >= 0.3 is 0 Å². The van der Waals surface area contributed by atoms with E-state index in [2.05, 4.69) is 10.4 Å². The summed E-state index contributed by atoms with van der Waals surface area (Å²) in [5.41, 5.74) is 3.12. The van der Waals surface area contributed by atoms with Gasteiger partial charge in [0.1, 0.15) is 0 Å². The van der Waals surface area contributed by atoms with Crippen LogP contribution >= 0.6 is 0 Å². The molecule has 0 saturated carbocycles. The van der Waals surface area contributed by atoms with Crippen LogP contribution in [0.3, 0.4) is 0 Å². The fraction of sp³-hybridized carbons (Fsp3) is 1.00. The third-order valence-electron chi connectivity index (χ3n) is 2.13. The Morgan fingerprint density at radius 2 is 2.50 bits per heavy atom. The van der Waals surface area contributed by atoms with Crippen LogP contribution in [0.1, 0.15) is 19.3 Å². The monoisotopic (exact) mass is 144 g/mol. The molecule has 1 heterocycles. The van der Waals surface area contributed by atoms with Crippen LogP contribution in [0, 0.1) is 0 Å². The van der Waals surface area contributed by atoms with Crippen molar-refractivity contribution in [2.45, 2.75) is 25.3 Å². The Bertz CT molecular complexity index is 97.6. The van der Waals surface area contributed by atoms with Crippen LogP contribution in [0.4, 0.5) is 0 Å². The van der Waals surface area contributed by atoms with Crippen LogP contribution < -0.4 is 5.43 Å². The molecule has 0 aromatic rings. The van der Waals surface area contributed by atoms with E-state index in [0.29, 0.717) is 12.6 Å². The van der Waals surface area contributed by atoms with Crippen LogP contribution in [0.2, 0.25) is 0 Å². The first-order valence-electron chi connectivity index (χ1n) is 3.93. The number of hydrogen-bond acceptors (Lipinski definition) is 3. The summed E-state index contributed by atoms with van der Waals surface area (Å²) in [7, 11) is 1.94. The number of hydrazine groups is 1. The maximum Gasteiger partial charge on any atom is 0.0446 e. The maximum atomic E-state index is 8.69. The topological polar surface area (TPSA) is 35.5 Å². The van der Waals surface area contributed by atoms with Gasteiger partial charge in [-0.2, -0.15) is 0 Å². The Morgan fingerprint density at radius 3 is 3.10 bits per heavy atom. The maximum absolute atomic E-state index is 8.69. The van der Waals surface area contributed by atoms with Crippen molar-refractivity contribution in [3.05, 3.63) is 0 Å². The molecule has 0 spiro atoms. The molecule has 0 amide bonds. The van der Waals surface area contributed by atoms with E-state index < -0.39 is 0 Å². The molecule has 0 aromatic heterocycles. The zero-order valence-electron chi connectivity index (χ0n) is 6.51. The molecular weight excluding hydrogens is 128 g/mol. The lowest BCUT2D eigenvalue weighted by Gasteiger charge is -2.21. The van der Waals surface area contributed by atoms with Crippen molar-refractivity contribution in [2.24, 2.45) is 0 Å². The van der Waals surface area contributed by atoms with Gasteiger partial charge < -0.3 is 5.11 Å². The lowest BCUT2D eigenvalue weighted by Crippen LogP contribution is -2.39. The molecule has 1 unspecified atom stereocenters. The van der Waals surface area contributed by atoms with E-state index in [1.54, 1.807) is 0 Å². The van der Waals surface area contributed by atoms with Crippen LogP contribution in [-0.4, -0.2) is 36.4 Å². The first kappa shape index (κ1) is 7.98. The molecule has 1 aliphatic rings. The molecule has 1 atom stereocenters. The van der Waals surface area contributed by atoms with E-state index in [4.69, 9.17) is 5.11 Å². The molecule has 10 heavy (non-hydrogen) atoms. The average molecular weight is 144 g/mol. The SMILES string of the molecule is CNN1CCCC1CCO. The van der Waals surface area contributed by atoms with Crippen LogP contribution in [0.5, 0.6) is 0 Å². The minimum absolute atomic E-state index is 0.308. The fourth-order valence-electron chi connectivity index (χ4n) is 1.58. The highest BCUT2D eigenvalue weighted by Gasteiger charge is 2.21. The van der Waals surface area contributed by atoms with Gasteiger partial charge in [0, 0.05) is 19.2 Å². The van der Waals surface area contributed by atoms with Gasteiger partial charge in [-0.15, -0.1) is 0 Å². The lowest BCUT2D eigenvalue weighted by atomic mass is 10.2. The van der Waals surface area contributed by atoms with E-state index in [9.17, 15) is 0 Å². The van der Waals surface area contributed by atoms with Crippen LogP contribution in [-0.2, 0) is 0 Å². The third kappa shape index (κ3) is 1.68. The first-order chi connectivity index (χ1) is 4.88. The molecule has 1 fully saturated rings. The molecule has 2 N–H and O–H groups in total. The summed E-state index contributed by atoms with van der Waals surface area (Å²) in [5.74, 6) is 0. The number of hydrogen-bond donors (Lipinski definition) is 2. The van der Waals surface area contributed by atoms with Crippen molar-refractivity contribution in [3.63, 3.8) is 0 Å². The van der Waals surface area contributed by atoms with Crippen molar-refractivity contribution in [3.8, 4) is 0 Å². The van der Waals surface area contributed by atoms with Gasteiger partial charge in [0.25, 0.3) is 0 Å². The van der Waals surface area contributed by atoms with E-state index in [1.165, 1.54) is 12.8 Å². The number of nitrogens with zero attached hydrogens (tertiary/aromatic N) is 1. The zero-order valence-corrected chi connectivity index (χ0v) is 6.51. The standard InChI is InChI=1S/C7H16N2O/c1-8-9-5-2-3-7(9)4-6-10/h7-8,10H,2-6H2,1H3. The Balaban J connectivity index is 2.27. The normalized spacial score (nSPS) is 27.6. The average Bonchev–Trinajstić information content (AvgIpc) is 2.36. The predicted octanol–water partition coefficient (Wildman–Crippen LogP) is -0.0324. The summed E-state index contributed by atoms with van der Waals surface area (Å²) in [6.07, 6.45) is 3.38. The number of aliphatic hydroxyl groups excluding tert-OH is 1. The van der Waals surface area contributed by atoms with Crippen LogP contribution in [0.15, 0.2) is 0 Å². The van der Waals surface area contributed by atoms with Gasteiger partial charge in [0.05, 0.1) is 0 Å². The van der Waals surface area contributed by atoms with Crippen molar-refractivity contribution in [1.29, 1.82) is 0 Å². The molecule has 3 nitrogen and oxygen atoms in total. The highest BCUT2D eigenvalue weighted by molar-refractivity contribution is 4.74. The van der Waals surface area contributed by atoms with E-state index in [-0.39, 0.29) is 0 Å². The van der Waals surface area contributed by atoms with E-state index >= 15 is 0 Å². The molecule has 1 saturated heterocycles. The fourth-order valence-corrected chi connectivity index (χ4v) is 1.58. The van der Waals surface area contributed by atoms with Gasteiger partial charge in [-0.1, -0.05) is 0 Å². The second-order valence-corrected chi connectivity index (χ2v) is 2.73. The zero-order chi connectivity index (χ0) is 7.40. The smallest absolute Gasteiger partial charge is 0.0446 e.